The van der Waals surface area contributed by atoms with Crippen molar-refractivity contribution in [2.24, 2.45) is 0 Å². The zero-order chi connectivity index (χ0) is 17.9. The Hall–Kier alpha value is -3.80. The number of carbonyl (C=O) groups excluding carboxylic acids is 1. The third-order valence-corrected chi connectivity index (χ3v) is 3.72. The summed E-state index contributed by atoms with van der Waals surface area (Å²) in [5.41, 5.74) is 0.935. The van der Waals surface area contributed by atoms with E-state index in [2.05, 4.69) is 9.97 Å². The van der Waals surface area contributed by atoms with E-state index in [0.29, 0.717) is 22.2 Å². The summed E-state index contributed by atoms with van der Waals surface area (Å²) >= 11 is 0. The van der Waals surface area contributed by atoms with Crippen molar-refractivity contribution >= 4 is 16.9 Å². The van der Waals surface area contributed by atoms with E-state index in [0.717, 1.165) is 0 Å². The normalized spacial score (nSPS) is 10.6. The van der Waals surface area contributed by atoms with Crippen LogP contribution in [0.3, 0.4) is 0 Å². The summed E-state index contributed by atoms with van der Waals surface area (Å²) in [6, 6.07) is 18.5. The van der Waals surface area contributed by atoms with Crippen LogP contribution in [0.15, 0.2) is 82.1 Å². The van der Waals surface area contributed by atoms with Gasteiger partial charge in [-0.25, -0.2) is 19.6 Å². The van der Waals surface area contributed by atoms with Crippen molar-refractivity contribution in [3.8, 4) is 17.2 Å². The number of esters is 1. The molecule has 2 aromatic heterocycles. The number of ether oxygens (including phenoxy) is 1. The van der Waals surface area contributed by atoms with Crippen molar-refractivity contribution in [3.05, 3.63) is 89.0 Å². The fourth-order valence-corrected chi connectivity index (χ4v) is 2.45. The molecule has 2 aromatic carbocycles. The fraction of sp³-hybridized carbons (Fsp3) is 0. The second kappa shape index (κ2) is 6.60. The Labute approximate surface area is 147 Å². The molecule has 4 aromatic rings. The van der Waals surface area contributed by atoms with E-state index in [1.54, 1.807) is 66.7 Å². The van der Waals surface area contributed by atoms with Crippen molar-refractivity contribution in [2.45, 2.75) is 0 Å². The van der Waals surface area contributed by atoms with Crippen molar-refractivity contribution in [1.29, 1.82) is 0 Å². The minimum atomic E-state index is -0.547. The average Bonchev–Trinajstić information content (AvgIpc) is 2.69. The van der Waals surface area contributed by atoms with E-state index < -0.39 is 11.6 Å². The highest BCUT2D eigenvalue weighted by molar-refractivity contribution is 5.89. The van der Waals surface area contributed by atoms with E-state index in [-0.39, 0.29) is 11.6 Å². The third kappa shape index (κ3) is 3.08. The van der Waals surface area contributed by atoms with Gasteiger partial charge in [-0.15, -0.1) is 0 Å². The van der Waals surface area contributed by atoms with Crippen LogP contribution in [0.1, 0.15) is 10.5 Å². The Kier molecular flexibility index (Phi) is 3.99. The lowest BCUT2D eigenvalue weighted by atomic mass is 10.2. The van der Waals surface area contributed by atoms with Crippen molar-refractivity contribution in [3.63, 3.8) is 0 Å². The van der Waals surface area contributed by atoms with E-state index in [1.807, 2.05) is 0 Å². The smallest absolute Gasteiger partial charge is 0.362 e. The molecule has 6 heteroatoms. The molecule has 0 fully saturated rings. The molecule has 0 saturated carbocycles. The molecule has 26 heavy (non-hydrogen) atoms. The maximum atomic E-state index is 12.1. The number of para-hydroxylation sites is 1. The predicted octanol–water partition coefficient (Wildman–Crippen LogP) is 3.47. The number of fused-ring (bicyclic) bond motifs is 1. The van der Waals surface area contributed by atoms with Gasteiger partial charge in [0.2, 0.25) is 5.89 Å². The van der Waals surface area contributed by atoms with Crippen LogP contribution in [0.2, 0.25) is 0 Å². The minimum Gasteiger partial charge on any atom is -0.422 e. The van der Waals surface area contributed by atoms with Crippen LogP contribution < -0.4 is 10.4 Å². The Morgan fingerprint density at radius 1 is 0.923 bits per heavy atom. The minimum absolute atomic E-state index is 0.205. The summed E-state index contributed by atoms with van der Waals surface area (Å²) < 4.78 is 10.6. The van der Waals surface area contributed by atoms with E-state index >= 15 is 0 Å². The summed E-state index contributed by atoms with van der Waals surface area (Å²) in [5.74, 6) is 0.0116. The Morgan fingerprint density at radius 2 is 1.69 bits per heavy atom. The highest BCUT2D eigenvalue weighted by Crippen LogP contribution is 2.22. The highest BCUT2D eigenvalue weighted by atomic mass is 16.5. The van der Waals surface area contributed by atoms with Crippen LogP contribution in [0.4, 0.5) is 0 Å². The molecular formula is C20H12N2O4. The van der Waals surface area contributed by atoms with Gasteiger partial charge in [0.15, 0.2) is 0 Å². The second-order valence-electron chi connectivity index (χ2n) is 5.45. The summed E-state index contributed by atoms with van der Waals surface area (Å²) in [5, 5.41) is 0.428. The van der Waals surface area contributed by atoms with Gasteiger partial charge in [0, 0.05) is 11.8 Å². The summed E-state index contributed by atoms with van der Waals surface area (Å²) in [4.78, 5) is 32.4. The molecule has 0 spiro atoms. The maximum Gasteiger partial charge on any atom is 0.362 e. The number of rotatable bonds is 3. The number of hydrogen-bond acceptors (Lipinski definition) is 6. The van der Waals surface area contributed by atoms with Gasteiger partial charge in [0.25, 0.3) is 0 Å². The van der Waals surface area contributed by atoms with Gasteiger partial charge in [-0.05, 0) is 48.5 Å². The SMILES string of the molecule is O=C(Oc1ccc(-c2nc3ccccc3c(=O)o2)cc1)c1ccccn1. The van der Waals surface area contributed by atoms with Crippen LogP contribution in [0.5, 0.6) is 5.75 Å². The largest absolute Gasteiger partial charge is 0.422 e. The molecule has 0 N–H and O–H groups in total. The van der Waals surface area contributed by atoms with Crippen LogP contribution >= 0.6 is 0 Å². The number of aromatic nitrogens is 2. The zero-order valence-electron chi connectivity index (χ0n) is 13.5. The van der Waals surface area contributed by atoms with Crippen LogP contribution in [0.25, 0.3) is 22.4 Å². The topological polar surface area (TPSA) is 82.3 Å². The molecule has 126 valence electrons. The standard InChI is InChI=1S/C20H12N2O4/c23-19-15-5-1-2-6-16(15)22-18(26-19)13-8-10-14(11-9-13)25-20(24)17-7-3-4-12-21-17/h1-12H. The molecule has 0 aliphatic heterocycles. The first-order chi connectivity index (χ1) is 12.7. The molecule has 0 aliphatic carbocycles. The molecule has 0 bridgehead atoms. The van der Waals surface area contributed by atoms with E-state index in [4.69, 9.17) is 9.15 Å². The summed E-state index contributed by atoms with van der Waals surface area (Å²) in [6.45, 7) is 0. The average molecular weight is 344 g/mol. The quantitative estimate of drug-likeness (QED) is 0.418. The molecule has 0 saturated heterocycles. The van der Waals surface area contributed by atoms with Gasteiger partial charge in [0.05, 0.1) is 10.9 Å². The lowest BCUT2D eigenvalue weighted by molar-refractivity contribution is 0.0728. The van der Waals surface area contributed by atoms with Crippen LogP contribution in [-0.4, -0.2) is 15.9 Å². The first kappa shape index (κ1) is 15.7. The van der Waals surface area contributed by atoms with Crippen molar-refractivity contribution < 1.29 is 13.9 Å². The number of pyridine rings is 1. The molecular weight excluding hydrogens is 332 g/mol. The van der Waals surface area contributed by atoms with E-state index in [1.165, 1.54) is 6.20 Å². The van der Waals surface area contributed by atoms with Crippen molar-refractivity contribution in [2.75, 3.05) is 0 Å². The van der Waals surface area contributed by atoms with Gasteiger partial charge >= 0.3 is 11.6 Å². The predicted molar refractivity (Wildman–Crippen MR) is 94.9 cm³/mol. The Balaban J connectivity index is 1.60. The first-order valence-corrected chi connectivity index (χ1v) is 7.84. The second-order valence-corrected chi connectivity index (χ2v) is 5.45. The van der Waals surface area contributed by atoms with Crippen LogP contribution in [-0.2, 0) is 0 Å². The van der Waals surface area contributed by atoms with Crippen molar-refractivity contribution in [1.82, 2.24) is 9.97 Å². The number of benzene rings is 2. The Bertz CT molecular complexity index is 1140. The van der Waals surface area contributed by atoms with Crippen LogP contribution in [0, 0.1) is 0 Å². The van der Waals surface area contributed by atoms with E-state index in [9.17, 15) is 9.59 Å². The third-order valence-electron chi connectivity index (χ3n) is 3.72. The summed E-state index contributed by atoms with van der Waals surface area (Å²) in [6.07, 6.45) is 1.52. The number of nitrogens with zero attached hydrogens (tertiary/aromatic N) is 2. The molecule has 0 atom stereocenters. The lowest BCUT2D eigenvalue weighted by Gasteiger charge is -2.05. The fourth-order valence-electron chi connectivity index (χ4n) is 2.45. The Morgan fingerprint density at radius 3 is 2.46 bits per heavy atom. The highest BCUT2D eigenvalue weighted by Gasteiger charge is 2.11. The first-order valence-electron chi connectivity index (χ1n) is 7.84. The maximum absolute atomic E-state index is 12.1. The molecule has 0 aliphatic rings. The van der Waals surface area contributed by atoms with Gasteiger partial charge in [-0.2, -0.15) is 0 Å². The van der Waals surface area contributed by atoms with Gasteiger partial charge < -0.3 is 9.15 Å². The summed E-state index contributed by atoms with van der Waals surface area (Å²) in [7, 11) is 0. The lowest BCUT2D eigenvalue weighted by Crippen LogP contribution is -2.10. The van der Waals surface area contributed by atoms with Gasteiger partial charge in [-0.1, -0.05) is 18.2 Å². The zero-order valence-corrected chi connectivity index (χ0v) is 13.5. The molecule has 0 amide bonds. The molecule has 6 nitrogen and oxygen atoms in total. The molecule has 0 unspecified atom stereocenters. The molecule has 0 radical (unpaired) electrons. The molecule has 4 rings (SSSR count). The molecule has 2 heterocycles. The number of hydrogen-bond donors (Lipinski definition) is 0. The monoisotopic (exact) mass is 344 g/mol. The van der Waals surface area contributed by atoms with Gasteiger partial charge in [-0.3, -0.25) is 0 Å². The van der Waals surface area contributed by atoms with Gasteiger partial charge in [0.1, 0.15) is 11.4 Å². The number of carbonyl (C=O) groups is 1.